The number of amides is 1. The fourth-order valence-electron chi connectivity index (χ4n) is 4.75. The fourth-order valence-corrected chi connectivity index (χ4v) is 4.75. The molecule has 3 aromatic rings. The summed E-state index contributed by atoms with van der Waals surface area (Å²) in [4.78, 5) is 40.4. The van der Waals surface area contributed by atoms with Crippen molar-refractivity contribution < 1.29 is 27.9 Å². The van der Waals surface area contributed by atoms with E-state index in [0.29, 0.717) is 11.6 Å². The first-order valence-electron chi connectivity index (χ1n) is 11.0. The van der Waals surface area contributed by atoms with Gasteiger partial charge in [0.2, 0.25) is 5.43 Å². The molecule has 0 saturated carbocycles. The molecule has 1 atom stereocenters. The Bertz CT molecular complexity index is 1450. The number of ketones is 1. The maximum atomic E-state index is 14.0. The van der Waals surface area contributed by atoms with Gasteiger partial charge < -0.3 is 10.0 Å². The number of fused-ring (bicyclic) bond motifs is 5. The molecule has 0 bridgehead atoms. The molecule has 2 aromatic carbocycles. The first-order chi connectivity index (χ1) is 16.7. The number of aromatic hydroxyl groups is 1. The Balaban J connectivity index is 1.55. The molecule has 0 spiro atoms. The molecule has 1 N–H and O–H groups in total. The third-order valence-electron chi connectivity index (χ3n) is 6.48. The summed E-state index contributed by atoms with van der Waals surface area (Å²) in [6, 6.07) is 7.25. The molecular weight excluding hydrogens is 463 g/mol. The zero-order valence-corrected chi connectivity index (χ0v) is 18.6. The number of carbonyl (C=O) groups is 2. The van der Waals surface area contributed by atoms with Crippen LogP contribution in [0, 0.1) is 17.5 Å². The maximum absolute atomic E-state index is 14.0. The lowest BCUT2D eigenvalue weighted by Gasteiger charge is -2.43. The maximum Gasteiger partial charge on any atom is 0.278 e. The van der Waals surface area contributed by atoms with E-state index < -0.39 is 46.5 Å². The number of pyridine rings is 1. The molecule has 2 aliphatic rings. The van der Waals surface area contributed by atoms with Gasteiger partial charge in [0.1, 0.15) is 23.6 Å². The Kier molecular flexibility index (Phi) is 5.38. The van der Waals surface area contributed by atoms with Crippen molar-refractivity contribution in [1.29, 1.82) is 0 Å². The second-order valence-electron chi connectivity index (χ2n) is 8.48. The number of benzene rings is 2. The van der Waals surface area contributed by atoms with Gasteiger partial charge in [-0.25, -0.2) is 13.2 Å². The minimum atomic E-state index is -1.01. The molecule has 180 valence electrons. The van der Waals surface area contributed by atoms with Crippen LogP contribution in [0.15, 0.2) is 47.4 Å². The molecule has 0 radical (unpaired) electrons. The molecule has 10 heteroatoms. The van der Waals surface area contributed by atoms with E-state index in [4.69, 9.17) is 0 Å². The molecule has 0 aliphatic carbocycles. The van der Waals surface area contributed by atoms with Crippen molar-refractivity contribution in [2.75, 3.05) is 11.6 Å². The Morgan fingerprint density at radius 2 is 1.80 bits per heavy atom. The quantitative estimate of drug-likeness (QED) is 0.563. The molecule has 0 saturated heterocycles. The number of hydrogen-bond donors (Lipinski definition) is 1. The molecule has 35 heavy (non-hydrogen) atoms. The Morgan fingerprint density at radius 3 is 2.51 bits per heavy atom. The van der Waals surface area contributed by atoms with Gasteiger partial charge in [0, 0.05) is 30.8 Å². The van der Waals surface area contributed by atoms with Crippen LogP contribution in [-0.4, -0.2) is 32.9 Å². The molecule has 1 aromatic heterocycles. The van der Waals surface area contributed by atoms with Gasteiger partial charge in [-0.15, -0.1) is 0 Å². The Labute approximate surface area is 197 Å². The van der Waals surface area contributed by atoms with Gasteiger partial charge in [-0.05, 0) is 42.7 Å². The second-order valence-corrected chi connectivity index (χ2v) is 8.48. The Morgan fingerprint density at radius 1 is 1.09 bits per heavy atom. The van der Waals surface area contributed by atoms with Crippen molar-refractivity contribution >= 4 is 11.7 Å². The predicted molar refractivity (Wildman–Crippen MR) is 119 cm³/mol. The number of hydrogen-bond acceptors (Lipinski definition) is 5. The largest absolute Gasteiger partial charge is 0.502 e. The van der Waals surface area contributed by atoms with Gasteiger partial charge in [-0.3, -0.25) is 24.1 Å². The summed E-state index contributed by atoms with van der Waals surface area (Å²) in [5.74, 6) is -4.19. The van der Waals surface area contributed by atoms with Gasteiger partial charge in [0.05, 0.1) is 12.1 Å². The minimum absolute atomic E-state index is 0.0908. The highest BCUT2D eigenvalue weighted by atomic mass is 19.1. The lowest BCUT2D eigenvalue weighted by Crippen LogP contribution is -2.53. The van der Waals surface area contributed by atoms with Crippen molar-refractivity contribution in [3.63, 3.8) is 0 Å². The third-order valence-corrected chi connectivity index (χ3v) is 6.48. The molecule has 5 rings (SSSR count). The minimum Gasteiger partial charge on any atom is -0.502 e. The number of nitrogens with zero attached hydrogens (tertiary/aromatic N) is 3. The molecular formula is C25H20F3N3O4. The second kappa shape index (κ2) is 8.30. The van der Waals surface area contributed by atoms with Crippen LogP contribution < -0.4 is 10.4 Å². The highest BCUT2D eigenvalue weighted by Gasteiger charge is 2.44. The SMILES string of the molecule is CCN1C(=O)c2c(O)c(=O)c(C(=O)CCc3ccc(F)cc3F)cn2N2Cc3ccc(F)cc3[C@@H]12. The summed E-state index contributed by atoms with van der Waals surface area (Å²) in [5, 5.41) is 12.3. The van der Waals surface area contributed by atoms with Crippen LogP contribution in [0.25, 0.3) is 0 Å². The lowest BCUT2D eigenvalue weighted by molar-refractivity contribution is 0.0590. The smallest absolute Gasteiger partial charge is 0.278 e. The van der Waals surface area contributed by atoms with Crippen molar-refractivity contribution in [3.8, 4) is 5.75 Å². The van der Waals surface area contributed by atoms with Gasteiger partial charge in [0.25, 0.3) is 5.91 Å². The van der Waals surface area contributed by atoms with Crippen molar-refractivity contribution in [2.24, 2.45) is 0 Å². The molecule has 2 aliphatic heterocycles. The van der Waals surface area contributed by atoms with Gasteiger partial charge in [-0.2, -0.15) is 0 Å². The highest BCUT2D eigenvalue weighted by molar-refractivity contribution is 6.00. The monoisotopic (exact) mass is 483 g/mol. The average Bonchev–Trinajstić information content (AvgIpc) is 3.19. The summed E-state index contributed by atoms with van der Waals surface area (Å²) in [5.41, 5.74) is -0.230. The van der Waals surface area contributed by atoms with Gasteiger partial charge in [-0.1, -0.05) is 12.1 Å². The summed E-state index contributed by atoms with van der Waals surface area (Å²) >= 11 is 0. The van der Waals surface area contributed by atoms with Crippen LogP contribution in [0.5, 0.6) is 5.75 Å². The van der Waals surface area contributed by atoms with Crippen LogP contribution >= 0.6 is 0 Å². The van der Waals surface area contributed by atoms with Crippen LogP contribution in [0.4, 0.5) is 13.2 Å². The van der Waals surface area contributed by atoms with E-state index in [2.05, 4.69) is 0 Å². The first-order valence-corrected chi connectivity index (χ1v) is 11.0. The van der Waals surface area contributed by atoms with Crippen LogP contribution in [0.3, 0.4) is 0 Å². The molecule has 7 nitrogen and oxygen atoms in total. The third kappa shape index (κ3) is 3.56. The van der Waals surface area contributed by atoms with E-state index in [0.717, 1.165) is 11.6 Å². The van der Waals surface area contributed by atoms with Gasteiger partial charge in [0.15, 0.2) is 17.2 Å². The predicted octanol–water partition coefficient (Wildman–Crippen LogP) is 3.41. The normalized spacial score (nSPS) is 16.2. The number of halogens is 3. The first kappa shape index (κ1) is 22.7. The van der Waals surface area contributed by atoms with E-state index in [1.165, 1.54) is 34.0 Å². The Hall–Kier alpha value is -4.08. The number of Topliss-reactive ketones (excluding diaryl/α,β-unsaturated/α-hetero) is 1. The van der Waals surface area contributed by atoms with E-state index >= 15 is 0 Å². The number of aromatic nitrogens is 1. The topological polar surface area (TPSA) is 82.9 Å². The van der Waals surface area contributed by atoms with E-state index in [1.807, 2.05) is 0 Å². The number of carbonyl (C=O) groups excluding carboxylic acids is 2. The zero-order valence-electron chi connectivity index (χ0n) is 18.6. The van der Waals surface area contributed by atoms with Crippen molar-refractivity contribution in [2.45, 2.75) is 32.5 Å². The molecule has 0 unspecified atom stereocenters. The van der Waals surface area contributed by atoms with Crippen molar-refractivity contribution in [1.82, 2.24) is 9.58 Å². The summed E-state index contributed by atoms with van der Waals surface area (Å²) < 4.78 is 42.4. The standard InChI is InChI=1S/C25H20F3N3O4/c1-2-29-24-17-9-15(26)7-4-14(17)11-31(24)30-12-18(22(33)23(34)21(30)25(29)35)20(32)8-5-13-3-6-16(27)10-19(13)28/h3-4,6-7,9-10,12,24,34H,2,5,8,11H2,1H3/t24-/m0/s1. The fraction of sp³-hybridized carbons (Fsp3) is 0.240. The molecule has 3 heterocycles. The van der Waals surface area contributed by atoms with Crippen LogP contribution in [0.2, 0.25) is 0 Å². The molecule has 0 fully saturated rings. The number of rotatable bonds is 5. The van der Waals surface area contributed by atoms with E-state index in [1.54, 1.807) is 18.0 Å². The lowest BCUT2D eigenvalue weighted by atomic mass is 10.0. The summed E-state index contributed by atoms with van der Waals surface area (Å²) in [6.45, 7) is 2.20. The summed E-state index contributed by atoms with van der Waals surface area (Å²) in [6.07, 6.45) is 0.136. The highest BCUT2D eigenvalue weighted by Crippen LogP contribution is 2.40. The van der Waals surface area contributed by atoms with E-state index in [-0.39, 0.29) is 42.8 Å². The zero-order chi connectivity index (χ0) is 25.0. The van der Waals surface area contributed by atoms with Crippen molar-refractivity contribution in [3.05, 3.63) is 98.2 Å². The van der Waals surface area contributed by atoms with Gasteiger partial charge >= 0.3 is 0 Å². The van der Waals surface area contributed by atoms with E-state index in [9.17, 15) is 32.7 Å². The number of aryl methyl sites for hydroxylation is 1. The average molecular weight is 483 g/mol. The molecule has 1 amide bonds. The summed E-state index contributed by atoms with van der Waals surface area (Å²) in [7, 11) is 0. The van der Waals surface area contributed by atoms with Crippen LogP contribution in [-0.2, 0) is 13.0 Å². The van der Waals surface area contributed by atoms with Crippen LogP contribution in [0.1, 0.15) is 57.0 Å².